The first kappa shape index (κ1) is 20.4. The Kier molecular flexibility index (Phi) is 6.87. The van der Waals surface area contributed by atoms with Crippen molar-refractivity contribution in [2.24, 2.45) is 0 Å². The minimum Gasteiger partial charge on any atom is -0.493 e. The molecule has 0 aliphatic heterocycles. The Balaban J connectivity index is 2.04. The monoisotopic (exact) mass is 374 g/mol. The number of furan rings is 1. The Morgan fingerprint density at radius 2 is 1.74 bits per heavy atom. The summed E-state index contributed by atoms with van der Waals surface area (Å²) in [5.41, 5.74) is 6.33. The standard InChI is InChI=1S/C20H26N2O5/c1-6-7-10-26-16-9-8-15(11-17(16)25-5)19(23)21-22-20(24)18-12(2)13(3)27-14(18)4/h8-9,11H,6-7,10H2,1-5H3,(H,21,23)(H,22,24). The Morgan fingerprint density at radius 1 is 1.04 bits per heavy atom. The van der Waals surface area contributed by atoms with Gasteiger partial charge < -0.3 is 13.9 Å². The molecule has 0 aliphatic rings. The topological polar surface area (TPSA) is 89.8 Å². The van der Waals surface area contributed by atoms with Gasteiger partial charge in [-0.1, -0.05) is 13.3 Å². The van der Waals surface area contributed by atoms with Crippen molar-refractivity contribution in [3.05, 3.63) is 46.4 Å². The minimum absolute atomic E-state index is 0.340. The largest absolute Gasteiger partial charge is 0.493 e. The van der Waals surface area contributed by atoms with Crippen LogP contribution in [-0.2, 0) is 0 Å². The lowest BCUT2D eigenvalue weighted by Crippen LogP contribution is -2.42. The van der Waals surface area contributed by atoms with Crippen molar-refractivity contribution in [1.82, 2.24) is 10.9 Å². The van der Waals surface area contributed by atoms with E-state index in [1.54, 1.807) is 39.0 Å². The number of unbranched alkanes of at least 4 members (excludes halogenated alkanes) is 1. The number of hydrogen-bond acceptors (Lipinski definition) is 5. The summed E-state index contributed by atoms with van der Waals surface area (Å²) in [6.07, 6.45) is 1.96. The summed E-state index contributed by atoms with van der Waals surface area (Å²) in [5, 5.41) is 0. The first-order chi connectivity index (χ1) is 12.9. The zero-order valence-corrected chi connectivity index (χ0v) is 16.4. The number of nitrogens with one attached hydrogen (secondary N) is 2. The van der Waals surface area contributed by atoms with Crippen LogP contribution in [0.25, 0.3) is 0 Å². The molecule has 7 nitrogen and oxygen atoms in total. The number of hydrazine groups is 1. The molecule has 0 unspecified atom stereocenters. The minimum atomic E-state index is -0.461. The predicted octanol–water partition coefficient (Wildman–Crippen LogP) is 3.47. The predicted molar refractivity (Wildman–Crippen MR) is 101 cm³/mol. The van der Waals surface area contributed by atoms with Crippen LogP contribution in [-0.4, -0.2) is 25.5 Å². The SMILES string of the molecule is CCCCOc1ccc(C(=O)NNC(=O)c2c(C)oc(C)c2C)cc1OC. The highest BCUT2D eigenvalue weighted by atomic mass is 16.5. The third-order valence-electron chi connectivity index (χ3n) is 4.26. The van der Waals surface area contributed by atoms with Crippen molar-refractivity contribution >= 4 is 11.8 Å². The van der Waals surface area contributed by atoms with E-state index < -0.39 is 11.8 Å². The summed E-state index contributed by atoms with van der Waals surface area (Å²) in [7, 11) is 1.51. The molecule has 0 saturated heterocycles. The molecule has 146 valence electrons. The molecule has 0 atom stereocenters. The third kappa shape index (κ3) is 4.81. The van der Waals surface area contributed by atoms with Gasteiger partial charge in [0.15, 0.2) is 11.5 Å². The molecular weight excluding hydrogens is 348 g/mol. The van der Waals surface area contributed by atoms with Crippen LogP contribution >= 0.6 is 0 Å². The molecule has 0 bridgehead atoms. The Hall–Kier alpha value is -2.96. The van der Waals surface area contributed by atoms with Gasteiger partial charge in [0.05, 0.1) is 19.3 Å². The highest BCUT2D eigenvalue weighted by Gasteiger charge is 2.19. The van der Waals surface area contributed by atoms with Crippen LogP contribution in [0.5, 0.6) is 11.5 Å². The molecule has 27 heavy (non-hydrogen) atoms. The fourth-order valence-corrected chi connectivity index (χ4v) is 2.63. The van der Waals surface area contributed by atoms with E-state index in [2.05, 4.69) is 17.8 Å². The van der Waals surface area contributed by atoms with Gasteiger partial charge in [0.25, 0.3) is 11.8 Å². The molecule has 2 aromatic rings. The number of amides is 2. The lowest BCUT2D eigenvalue weighted by molar-refractivity contribution is 0.0845. The molecule has 0 aliphatic carbocycles. The molecular formula is C20H26N2O5. The van der Waals surface area contributed by atoms with Gasteiger partial charge in [-0.2, -0.15) is 0 Å². The molecule has 7 heteroatoms. The summed E-state index contributed by atoms with van der Waals surface area (Å²) in [4.78, 5) is 24.7. The zero-order valence-electron chi connectivity index (χ0n) is 16.4. The second-order valence-electron chi connectivity index (χ2n) is 6.19. The van der Waals surface area contributed by atoms with Crippen molar-refractivity contribution in [2.45, 2.75) is 40.5 Å². The van der Waals surface area contributed by atoms with Crippen LogP contribution in [0.3, 0.4) is 0 Å². The average Bonchev–Trinajstić information content (AvgIpc) is 2.91. The quantitative estimate of drug-likeness (QED) is 0.572. The van der Waals surface area contributed by atoms with E-state index in [1.165, 1.54) is 7.11 Å². The summed E-state index contributed by atoms with van der Waals surface area (Å²) in [5.74, 6) is 1.33. The number of carbonyl (C=O) groups is 2. The molecule has 0 fully saturated rings. The zero-order chi connectivity index (χ0) is 20.0. The van der Waals surface area contributed by atoms with Crippen LogP contribution < -0.4 is 20.3 Å². The fraction of sp³-hybridized carbons (Fsp3) is 0.400. The average molecular weight is 374 g/mol. The lowest BCUT2D eigenvalue weighted by Gasteiger charge is -2.12. The smallest absolute Gasteiger partial charge is 0.273 e. The summed E-state index contributed by atoms with van der Waals surface area (Å²) < 4.78 is 16.4. The normalized spacial score (nSPS) is 10.4. The van der Waals surface area contributed by atoms with Gasteiger partial charge in [0.2, 0.25) is 0 Å². The molecule has 1 aromatic heterocycles. The van der Waals surface area contributed by atoms with Gasteiger partial charge in [-0.15, -0.1) is 0 Å². The Morgan fingerprint density at radius 3 is 2.33 bits per heavy atom. The van der Waals surface area contributed by atoms with Gasteiger partial charge in [0.1, 0.15) is 11.5 Å². The van der Waals surface area contributed by atoms with Gasteiger partial charge in [-0.25, -0.2) is 0 Å². The Labute approximate surface area is 159 Å². The van der Waals surface area contributed by atoms with Gasteiger partial charge in [0, 0.05) is 11.1 Å². The fourth-order valence-electron chi connectivity index (χ4n) is 2.63. The van der Waals surface area contributed by atoms with E-state index in [9.17, 15) is 9.59 Å². The van der Waals surface area contributed by atoms with Crippen LogP contribution in [0.2, 0.25) is 0 Å². The molecule has 2 rings (SSSR count). The molecule has 2 N–H and O–H groups in total. The molecule has 0 spiro atoms. The summed E-state index contributed by atoms with van der Waals surface area (Å²) in [6.45, 7) is 7.95. The first-order valence-corrected chi connectivity index (χ1v) is 8.87. The van der Waals surface area contributed by atoms with Gasteiger partial charge in [-0.3, -0.25) is 20.4 Å². The van der Waals surface area contributed by atoms with Gasteiger partial charge in [-0.05, 0) is 45.4 Å². The number of methoxy groups -OCH3 is 1. The van der Waals surface area contributed by atoms with Crippen LogP contribution in [0.4, 0.5) is 0 Å². The summed E-state index contributed by atoms with van der Waals surface area (Å²) >= 11 is 0. The second kappa shape index (κ2) is 9.12. The summed E-state index contributed by atoms with van der Waals surface area (Å²) in [6, 6.07) is 4.87. The van der Waals surface area contributed by atoms with E-state index in [0.29, 0.717) is 40.8 Å². The van der Waals surface area contributed by atoms with Crippen LogP contribution in [0.15, 0.2) is 22.6 Å². The first-order valence-electron chi connectivity index (χ1n) is 8.87. The third-order valence-corrected chi connectivity index (χ3v) is 4.26. The number of rotatable bonds is 7. The maximum atomic E-state index is 12.3. The maximum Gasteiger partial charge on any atom is 0.273 e. The van der Waals surface area contributed by atoms with Crippen molar-refractivity contribution in [3.63, 3.8) is 0 Å². The van der Waals surface area contributed by atoms with Crippen molar-refractivity contribution in [1.29, 1.82) is 0 Å². The van der Waals surface area contributed by atoms with Crippen molar-refractivity contribution < 1.29 is 23.5 Å². The number of hydrogen-bond donors (Lipinski definition) is 2. The molecule has 1 heterocycles. The maximum absolute atomic E-state index is 12.3. The second-order valence-corrected chi connectivity index (χ2v) is 6.19. The highest BCUT2D eigenvalue weighted by molar-refractivity contribution is 6.00. The Bertz CT molecular complexity index is 826. The number of ether oxygens (including phenoxy) is 2. The van der Waals surface area contributed by atoms with E-state index in [-0.39, 0.29) is 0 Å². The molecule has 1 aromatic carbocycles. The number of benzene rings is 1. The van der Waals surface area contributed by atoms with Gasteiger partial charge >= 0.3 is 0 Å². The van der Waals surface area contributed by atoms with E-state index >= 15 is 0 Å². The lowest BCUT2D eigenvalue weighted by atomic mass is 10.1. The van der Waals surface area contributed by atoms with Crippen molar-refractivity contribution in [2.75, 3.05) is 13.7 Å². The highest BCUT2D eigenvalue weighted by Crippen LogP contribution is 2.28. The van der Waals surface area contributed by atoms with Crippen molar-refractivity contribution in [3.8, 4) is 11.5 Å². The van der Waals surface area contributed by atoms with Crippen LogP contribution in [0.1, 0.15) is 57.6 Å². The van der Waals surface area contributed by atoms with E-state index in [4.69, 9.17) is 13.9 Å². The number of carbonyl (C=O) groups excluding carboxylic acids is 2. The molecule has 0 radical (unpaired) electrons. The molecule has 2 amide bonds. The van der Waals surface area contributed by atoms with E-state index in [1.807, 2.05) is 0 Å². The van der Waals surface area contributed by atoms with Crippen LogP contribution in [0, 0.1) is 20.8 Å². The molecule has 0 saturated carbocycles. The number of aryl methyl sites for hydroxylation is 2. The van der Waals surface area contributed by atoms with E-state index in [0.717, 1.165) is 18.4 Å².